The molecule has 6 N–H and O–H groups in total. The minimum absolute atomic E-state index is 0.00245. The molecule has 19 heavy (non-hydrogen) atoms. The Labute approximate surface area is 110 Å². The minimum atomic E-state index is -4.03. The zero-order valence-corrected chi connectivity index (χ0v) is 11.1. The molecule has 1 aromatic rings. The summed E-state index contributed by atoms with van der Waals surface area (Å²) >= 11 is 0. The number of primary amides is 1. The highest BCUT2D eigenvalue weighted by Gasteiger charge is 2.19. The van der Waals surface area contributed by atoms with Gasteiger partial charge in [0.15, 0.2) is 0 Å². The van der Waals surface area contributed by atoms with Crippen LogP contribution in [0.15, 0.2) is 17.0 Å². The number of benzene rings is 1. The van der Waals surface area contributed by atoms with Gasteiger partial charge in [0, 0.05) is 18.8 Å². The lowest BCUT2D eigenvalue weighted by molar-refractivity contribution is 0.249. The zero-order chi connectivity index (χ0) is 14.6. The van der Waals surface area contributed by atoms with Crippen molar-refractivity contribution >= 4 is 21.7 Å². The van der Waals surface area contributed by atoms with Crippen LogP contribution in [-0.2, 0) is 10.0 Å². The van der Waals surface area contributed by atoms with E-state index in [4.69, 9.17) is 11.5 Å². The maximum atomic E-state index is 13.6. The van der Waals surface area contributed by atoms with Crippen molar-refractivity contribution in [3.63, 3.8) is 0 Å². The van der Waals surface area contributed by atoms with Crippen LogP contribution >= 0.6 is 0 Å². The van der Waals surface area contributed by atoms with Crippen LogP contribution in [0.3, 0.4) is 0 Å². The average Bonchev–Trinajstić information content (AvgIpc) is 2.29. The number of halogens is 1. The van der Waals surface area contributed by atoms with E-state index in [0.29, 0.717) is 5.56 Å². The molecule has 0 bridgehead atoms. The Hall–Kier alpha value is -1.87. The molecule has 0 spiro atoms. The van der Waals surface area contributed by atoms with Crippen LogP contribution in [0.5, 0.6) is 0 Å². The number of carbonyl (C=O) groups is 1. The number of anilines is 1. The summed E-state index contributed by atoms with van der Waals surface area (Å²) in [6.45, 7) is 1.45. The van der Waals surface area contributed by atoms with Crippen LogP contribution in [0.2, 0.25) is 0 Å². The second-order valence-electron chi connectivity index (χ2n) is 3.83. The van der Waals surface area contributed by atoms with E-state index in [1.54, 1.807) is 6.92 Å². The molecule has 106 valence electrons. The van der Waals surface area contributed by atoms with Crippen LogP contribution < -0.4 is 21.5 Å². The number of nitrogen functional groups attached to an aromatic ring is 1. The van der Waals surface area contributed by atoms with E-state index >= 15 is 0 Å². The predicted octanol–water partition coefficient (Wildman–Crippen LogP) is -0.337. The fraction of sp³-hybridized carbons (Fsp3) is 0.300. The lowest BCUT2D eigenvalue weighted by Gasteiger charge is -2.10. The van der Waals surface area contributed by atoms with Crippen molar-refractivity contribution < 1.29 is 17.6 Å². The van der Waals surface area contributed by atoms with Crippen molar-refractivity contribution in [1.29, 1.82) is 0 Å². The first-order valence-corrected chi connectivity index (χ1v) is 6.81. The molecule has 0 saturated carbocycles. The molecule has 0 atom stereocenters. The van der Waals surface area contributed by atoms with E-state index in [9.17, 15) is 17.6 Å². The smallest absolute Gasteiger partial charge is 0.312 e. The highest BCUT2D eigenvalue weighted by Crippen LogP contribution is 2.21. The van der Waals surface area contributed by atoms with Crippen molar-refractivity contribution in [3.05, 3.63) is 23.5 Å². The summed E-state index contributed by atoms with van der Waals surface area (Å²) in [5.74, 6) is -0.887. The average molecular weight is 290 g/mol. The second kappa shape index (κ2) is 5.85. The van der Waals surface area contributed by atoms with Gasteiger partial charge in [-0.2, -0.15) is 0 Å². The molecule has 7 nitrogen and oxygen atoms in total. The molecule has 0 aliphatic carbocycles. The Kier molecular flexibility index (Phi) is 4.67. The van der Waals surface area contributed by atoms with Gasteiger partial charge in [-0.15, -0.1) is 0 Å². The summed E-state index contributed by atoms with van der Waals surface area (Å²) in [5.41, 5.74) is 11.0. The number of hydrogen-bond acceptors (Lipinski definition) is 4. The predicted molar refractivity (Wildman–Crippen MR) is 68.3 cm³/mol. The van der Waals surface area contributed by atoms with Gasteiger partial charge < -0.3 is 16.8 Å². The molecule has 0 unspecified atom stereocenters. The molecule has 2 amide bonds. The van der Waals surface area contributed by atoms with E-state index in [-0.39, 0.29) is 18.8 Å². The van der Waals surface area contributed by atoms with E-state index in [0.717, 1.165) is 12.1 Å². The normalized spacial score (nSPS) is 11.3. The van der Waals surface area contributed by atoms with Crippen LogP contribution in [-0.4, -0.2) is 27.5 Å². The van der Waals surface area contributed by atoms with E-state index < -0.39 is 26.8 Å². The van der Waals surface area contributed by atoms with Gasteiger partial charge in [0.25, 0.3) is 0 Å². The Morgan fingerprint density at radius 1 is 1.37 bits per heavy atom. The molecule has 0 saturated heterocycles. The molecule has 9 heteroatoms. The van der Waals surface area contributed by atoms with E-state index in [2.05, 4.69) is 10.0 Å². The number of carbonyl (C=O) groups excluding carboxylic acids is 1. The van der Waals surface area contributed by atoms with E-state index in [1.165, 1.54) is 0 Å². The van der Waals surface area contributed by atoms with Gasteiger partial charge in [0.1, 0.15) is 10.7 Å². The molecule has 0 heterocycles. The number of urea groups is 1. The maximum Gasteiger partial charge on any atom is 0.312 e. The third kappa shape index (κ3) is 4.07. The third-order valence-corrected chi connectivity index (χ3v) is 3.80. The van der Waals surface area contributed by atoms with Crippen molar-refractivity contribution in [2.75, 3.05) is 18.8 Å². The fourth-order valence-electron chi connectivity index (χ4n) is 1.32. The summed E-state index contributed by atoms with van der Waals surface area (Å²) in [4.78, 5) is 9.85. The standard InChI is InChI=1S/C10H15FN4O3S/c1-6-4-7(11)9(5-8(6)12)19(17,18)15-3-2-14-10(13)16/h4-5,15H,2-3,12H2,1H3,(H3,13,14,16). The number of aryl methyl sites for hydroxylation is 1. The first-order valence-electron chi connectivity index (χ1n) is 5.32. The summed E-state index contributed by atoms with van der Waals surface area (Å²) < 4.78 is 39.3. The Bertz CT molecular complexity index is 589. The largest absolute Gasteiger partial charge is 0.398 e. The molecule has 0 radical (unpaired) electrons. The first kappa shape index (κ1) is 15.2. The number of amides is 2. The second-order valence-corrected chi connectivity index (χ2v) is 5.56. The highest BCUT2D eigenvalue weighted by molar-refractivity contribution is 7.89. The topological polar surface area (TPSA) is 127 Å². The fourth-order valence-corrected chi connectivity index (χ4v) is 2.45. The minimum Gasteiger partial charge on any atom is -0.398 e. The van der Waals surface area contributed by atoms with Gasteiger partial charge in [-0.05, 0) is 24.6 Å². The molecule has 0 aliphatic heterocycles. The van der Waals surface area contributed by atoms with Crippen LogP contribution in [0.4, 0.5) is 14.9 Å². The number of nitrogens with one attached hydrogen (secondary N) is 2. The van der Waals surface area contributed by atoms with Crippen LogP contribution in [0.1, 0.15) is 5.56 Å². The molecule has 1 rings (SSSR count). The molecular formula is C10H15FN4O3S. The van der Waals surface area contributed by atoms with Crippen LogP contribution in [0.25, 0.3) is 0 Å². The molecular weight excluding hydrogens is 275 g/mol. The summed E-state index contributed by atoms with van der Waals surface area (Å²) in [6.07, 6.45) is 0. The molecule has 0 aliphatic rings. The summed E-state index contributed by atoms with van der Waals surface area (Å²) in [5, 5.41) is 2.20. The number of sulfonamides is 1. The monoisotopic (exact) mass is 290 g/mol. The summed E-state index contributed by atoms with van der Waals surface area (Å²) in [6, 6.07) is 1.32. The number of hydrogen-bond donors (Lipinski definition) is 4. The lowest BCUT2D eigenvalue weighted by atomic mass is 10.2. The first-order chi connectivity index (χ1) is 8.74. The van der Waals surface area contributed by atoms with Gasteiger partial charge in [-0.3, -0.25) is 0 Å². The molecule has 0 aromatic heterocycles. The Morgan fingerprint density at radius 3 is 2.58 bits per heavy atom. The van der Waals surface area contributed by atoms with E-state index in [1.807, 2.05) is 0 Å². The van der Waals surface area contributed by atoms with Crippen LogP contribution in [0, 0.1) is 12.7 Å². The van der Waals surface area contributed by atoms with Crippen molar-refractivity contribution in [2.45, 2.75) is 11.8 Å². The molecule has 1 aromatic carbocycles. The molecule has 0 fully saturated rings. The van der Waals surface area contributed by atoms with Gasteiger partial charge in [-0.25, -0.2) is 22.3 Å². The van der Waals surface area contributed by atoms with Crippen molar-refractivity contribution in [1.82, 2.24) is 10.0 Å². The lowest BCUT2D eigenvalue weighted by Crippen LogP contribution is -2.37. The number of rotatable bonds is 5. The highest BCUT2D eigenvalue weighted by atomic mass is 32.2. The van der Waals surface area contributed by atoms with Gasteiger partial charge in [0.05, 0.1) is 0 Å². The third-order valence-electron chi connectivity index (χ3n) is 2.33. The van der Waals surface area contributed by atoms with Gasteiger partial charge in [0.2, 0.25) is 10.0 Å². The van der Waals surface area contributed by atoms with Crippen molar-refractivity contribution in [2.24, 2.45) is 5.73 Å². The van der Waals surface area contributed by atoms with Gasteiger partial charge >= 0.3 is 6.03 Å². The van der Waals surface area contributed by atoms with Gasteiger partial charge in [-0.1, -0.05) is 0 Å². The maximum absolute atomic E-state index is 13.6. The number of nitrogens with two attached hydrogens (primary N) is 2. The quantitative estimate of drug-likeness (QED) is 0.437. The summed E-state index contributed by atoms with van der Waals surface area (Å²) in [7, 11) is -4.03. The van der Waals surface area contributed by atoms with Crippen molar-refractivity contribution in [3.8, 4) is 0 Å². The zero-order valence-electron chi connectivity index (χ0n) is 10.2. The Balaban J connectivity index is 2.83. The Morgan fingerprint density at radius 2 is 2.00 bits per heavy atom. The SMILES string of the molecule is Cc1cc(F)c(S(=O)(=O)NCCNC(N)=O)cc1N.